The Morgan fingerprint density at radius 3 is 1.93 bits per heavy atom. The molecule has 0 aromatic rings. The van der Waals surface area contributed by atoms with Crippen molar-refractivity contribution in [2.45, 2.75) is 70.7 Å². The summed E-state index contributed by atoms with van der Waals surface area (Å²) in [7, 11) is 0. The van der Waals surface area contributed by atoms with E-state index in [4.69, 9.17) is 0 Å². The number of aliphatic hydroxyl groups is 3. The highest BCUT2D eigenvalue weighted by Crippen LogP contribution is 2.25. The second kappa shape index (κ2) is 5.10. The highest BCUT2D eigenvalue weighted by atomic mass is 16.4. The fourth-order valence-electron chi connectivity index (χ4n) is 1.63. The van der Waals surface area contributed by atoms with E-state index in [1.165, 1.54) is 13.8 Å². The molecule has 0 saturated carbocycles. The third kappa shape index (κ3) is 4.40. The van der Waals surface area contributed by atoms with E-state index in [1.54, 1.807) is 6.92 Å². The second-order valence-corrected chi connectivity index (χ2v) is 4.87. The van der Waals surface area contributed by atoms with Crippen molar-refractivity contribution in [3.63, 3.8) is 0 Å². The SMILES string of the molecule is CCCCC[C@@](C)(O)[C@H](O)C(C)(C)O. The van der Waals surface area contributed by atoms with Crippen LogP contribution in [0, 0.1) is 0 Å². The zero-order valence-corrected chi connectivity index (χ0v) is 9.75. The van der Waals surface area contributed by atoms with Gasteiger partial charge in [-0.2, -0.15) is 0 Å². The fraction of sp³-hybridized carbons (Fsp3) is 1.00. The maximum absolute atomic E-state index is 9.94. The average Bonchev–Trinajstić information content (AvgIpc) is 2.01. The van der Waals surface area contributed by atoms with Gasteiger partial charge in [-0.15, -0.1) is 0 Å². The average molecular weight is 204 g/mol. The van der Waals surface area contributed by atoms with Crippen LogP contribution in [0.1, 0.15) is 53.4 Å². The molecular formula is C11H24O3. The number of rotatable bonds is 6. The lowest BCUT2D eigenvalue weighted by Crippen LogP contribution is -2.52. The lowest BCUT2D eigenvalue weighted by atomic mass is 9.83. The molecule has 3 N–H and O–H groups in total. The minimum absolute atomic E-state index is 0.520. The van der Waals surface area contributed by atoms with E-state index in [9.17, 15) is 15.3 Å². The topological polar surface area (TPSA) is 60.7 Å². The molecular weight excluding hydrogens is 180 g/mol. The maximum Gasteiger partial charge on any atom is 0.110 e. The van der Waals surface area contributed by atoms with Gasteiger partial charge in [0.2, 0.25) is 0 Å². The Balaban J connectivity index is 4.16. The minimum Gasteiger partial charge on any atom is -0.388 e. The van der Waals surface area contributed by atoms with Crippen LogP contribution in [0.25, 0.3) is 0 Å². The first kappa shape index (κ1) is 13.9. The van der Waals surface area contributed by atoms with Crippen LogP contribution in [0.2, 0.25) is 0 Å². The number of aliphatic hydroxyl groups excluding tert-OH is 1. The van der Waals surface area contributed by atoms with Crippen molar-refractivity contribution in [3.05, 3.63) is 0 Å². The van der Waals surface area contributed by atoms with E-state index in [2.05, 4.69) is 6.92 Å². The first-order chi connectivity index (χ1) is 6.22. The van der Waals surface area contributed by atoms with E-state index in [0.717, 1.165) is 19.3 Å². The molecule has 2 atom stereocenters. The Hall–Kier alpha value is -0.120. The monoisotopic (exact) mass is 204 g/mol. The van der Waals surface area contributed by atoms with E-state index in [-0.39, 0.29) is 0 Å². The number of hydrogen-bond donors (Lipinski definition) is 3. The van der Waals surface area contributed by atoms with Crippen molar-refractivity contribution in [3.8, 4) is 0 Å². The molecule has 3 heteroatoms. The molecule has 0 amide bonds. The smallest absolute Gasteiger partial charge is 0.110 e. The Morgan fingerprint density at radius 2 is 1.57 bits per heavy atom. The van der Waals surface area contributed by atoms with Crippen LogP contribution in [0.3, 0.4) is 0 Å². The van der Waals surface area contributed by atoms with Crippen molar-refractivity contribution in [1.29, 1.82) is 0 Å². The van der Waals surface area contributed by atoms with Gasteiger partial charge in [-0.3, -0.25) is 0 Å². The molecule has 0 fully saturated rings. The molecule has 0 rings (SSSR count). The molecule has 86 valence electrons. The van der Waals surface area contributed by atoms with Crippen LogP contribution in [0.5, 0.6) is 0 Å². The molecule has 0 aliphatic heterocycles. The highest BCUT2D eigenvalue weighted by molar-refractivity contribution is 4.91. The molecule has 0 aliphatic rings. The highest BCUT2D eigenvalue weighted by Gasteiger charge is 2.39. The fourth-order valence-corrected chi connectivity index (χ4v) is 1.63. The quantitative estimate of drug-likeness (QED) is 0.574. The van der Waals surface area contributed by atoms with Gasteiger partial charge in [-0.1, -0.05) is 26.2 Å². The summed E-state index contributed by atoms with van der Waals surface area (Å²) < 4.78 is 0. The van der Waals surface area contributed by atoms with Gasteiger partial charge >= 0.3 is 0 Å². The molecule has 0 unspecified atom stereocenters. The van der Waals surface area contributed by atoms with Gasteiger partial charge < -0.3 is 15.3 Å². The second-order valence-electron chi connectivity index (χ2n) is 4.87. The maximum atomic E-state index is 9.94. The number of unbranched alkanes of at least 4 members (excludes halogenated alkanes) is 2. The summed E-state index contributed by atoms with van der Waals surface area (Å²) in [5.74, 6) is 0. The van der Waals surface area contributed by atoms with Crippen molar-refractivity contribution in [2.75, 3.05) is 0 Å². The van der Waals surface area contributed by atoms with Crippen molar-refractivity contribution < 1.29 is 15.3 Å². The van der Waals surface area contributed by atoms with Gasteiger partial charge in [0.15, 0.2) is 0 Å². The van der Waals surface area contributed by atoms with Gasteiger partial charge in [0, 0.05) is 0 Å². The van der Waals surface area contributed by atoms with Gasteiger partial charge in [0.1, 0.15) is 6.10 Å². The van der Waals surface area contributed by atoms with Gasteiger partial charge in [0.25, 0.3) is 0 Å². The molecule has 0 saturated heterocycles. The van der Waals surface area contributed by atoms with E-state index >= 15 is 0 Å². The first-order valence-corrected chi connectivity index (χ1v) is 5.34. The van der Waals surface area contributed by atoms with Crippen LogP contribution in [0.15, 0.2) is 0 Å². The molecule has 0 heterocycles. The van der Waals surface area contributed by atoms with Crippen molar-refractivity contribution >= 4 is 0 Å². The zero-order chi connectivity index (χ0) is 11.4. The van der Waals surface area contributed by atoms with Crippen LogP contribution in [-0.2, 0) is 0 Å². The summed E-state index contributed by atoms with van der Waals surface area (Å²) in [6.07, 6.45) is 2.40. The standard InChI is InChI=1S/C11H24O3/c1-5-6-7-8-11(4,14)9(12)10(2,3)13/h9,12-14H,5-8H2,1-4H3/t9-,11-/m1/s1. The summed E-state index contributed by atoms with van der Waals surface area (Å²) in [4.78, 5) is 0. The zero-order valence-electron chi connectivity index (χ0n) is 9.75. The van der Waals surface area contributed by atoms with Crippen LogP contribution < -0.4 is 0 Å². The predicted molar refractivity (Wildman–Crippen MR) is 57.1 cm³/mol. The van der Waals surface area contributed by atoms with Crippen molar-refractivity contribution in [2.24, 2.45) is 0 Å². The Kier molecular flexibility index (Phi) is 5.06. The predicted octanol–water partition coefficient (Wildman–Crippen LogP) is 1.45. The summed E-state index contributed by atoms with van der Waals surface area (Å²) in [5, 5.41) is 29.2. The minimum atomic E-state index is -1.25. The lowest BCUT2D eigenvalue weighted by molar-refractivity contribution is -0.154. The molecule has 0 aromatic heterocycles. The summed E-state index contributed by atoms with van der Waals surface area (Å²) in [6, 6.07) is 0. The Morgan fingerprint density at radius 1 is 1.07 bits per heavy atom. The van der Waals surface area contributed by atoms with E-state index in [1.807, 2.05) is 0 Å². The molecule has 0 spiro atoms. The van der Waals surface area contributed by atoms with Crippen LogP contribution in [0.4, 0.5) is 0 Å². The largest absolute Gasteiger partial charge is 0.388 e. The summed E-state index contributed by atoms with van der Waals surface area (Å²) >= 11 is 0. The summed E-state index contributed by atoms with van der Waals surface area (Å²) in [6.45, 7) is 6.67. The van der Waals surface area contributed by atoms with Crippen molar-refractivity contribution in [1.82, 2.24) is 0 Å². The van der Waals surface area contributed by atoms with Gasteiger partial charge in [-0.05, 0) is 27.2 Å². The third-order valence-electron chi connectivity index (χ3n) is 2.54. The molecule has 0 aliphatic carbocycles. The van der Waals surface area contributed by atoms with E-state index < -0.39 is 17.3 Å². The normalized spacial score (nSPS) is 19.1. The molecule has 3 nitrogen and oxygen atoms in total. The Bertz CT molecular complexity index is 158. The van der Waals surface area contributed by atoms with Gasteiger partial charge in [0.05, 0.1) is 11.2 Å². The molecule has 0 bridgehead atoms. The first-order valence-electron chi connectivity index (χ1n) is 5.34. The lowest BCUT2D eigenvalue weighted by Gasteiger charge is -2.36. The molecule has 0 radical (unpaired) electrons. The van der Waals surface area contributed by atoms with Crippen LogP contribution in [-0.4, -0.2) is 32.6 Å². The molecule has 0 aromatic carbocycles. The summed E-state index contributed by atoms with van der Waals surface area (Å²) in [5.41, 5.74) is -2.46. The van der Waals surface area contributed by atoms with E-state index in [0.29, 0.717) is 6.42 Å². The third-order valence-corrected chi connectivity index (χ3v) is 2.54. The Labute approximate surface area is 86.8 Å². The molecule has 14 heavy (non-hydrogen) atoms. The van der Waals surface area contributed by atoms with Gasteiger partial charge in [-0.25, -0.2) is 0 Å². The number of hydrogen-bond acceptors (Lipinski definition) is 3. The van der Waals surface area contributed by atoms with Crippen LogP contribution >= 0.6 is 0 Å².